The van der Waals surface area contributed by atoms with Gasteiger partial charge in [0.2, 0.25) is 5.91 Å². The topological polar surface area (TPSA) is 72.3 Å². The predicted molar refractivity (Wildman–Crippen MR) is 126 cm³/mol. The zero-order chi connectivity index (χ0) is 22.8. The summed E-state index contributed by atoms with van der Waals surface area (Å²) in [6.07, 6.45) is 4.68. The molecule has 3 aromatic rings. The number of carbonyl (C=O) groups is 1. The number of anilines is 1. The highest BCUT2D eigenvalue weighted by atomic mass is 16.5. The fourth-order valence-electron chi connectivity index (χ4n) is 4.37. The molecule has 32 heavy (non-hydrogen) atoms. The first-order valence-electron chi connectivity index (χ1n) is 11.0. The number of carbonyl (C=O) groups excluding carboxylic acids is 1. The molecule has 1 aromatic carbocycles. The highest BCUT2D eigenvalue weighted by Gasteiger charge is 2.30. The zero-order valence-corrected chi connectivity index (χ0v) is 19.4. The number of aromatic nitrogens is 3. The summed E-state index contributed by atoms with van der Waals surface area (Å²) in [6.45, 7) is 7.43. The zero-order valence-electron chi connectivity index (χ0n) is 19.4. The van der Waals surface area contributed by atoms with Crippen molar-refractivity contribution in [2.75, 3.05) is 25.5 Å². The van der Waals surface area contributed by atoms with Gasteiger partial charge in [-0.1, -0.05) is 6.07 Å². The van der Waals surface area contributed by atoms with Crippen LogP contribution in [0.5, 0.6) is 5.75 Å². The lowest BCUT2D eigenvalue weighted by atomic mass is 9.95. The van der Waals surface area contributed by atoms with E-state index in [1.807, 2.05) is 67.7 Å². The summed E-state index contributed by atoms with van der Waals surface area (Å²) in [5, 5.41) is 3.51. The molecule has 1 aliphatic heterocycles. The van der Waals surface area contributed by atoms with Crippen molar-refractivity contribution in [2.24, 2.45) is 7.05 Å². The molecule has 3 heterocycles. The number of aryl methyl sites for hydroxylation is 3. The van der Waals surface area contributed by atoms with Gasteiger partial charge >= 0.3 is 0 Å². The van der Waals surface area contributed by atoms with E-state index in [1.165, 1.54) is 0 Å². The van der Waals surface area contributed by atoms with Crippen LogP contribution in [-0.4, -0.2) is 51.6 Å². The summed E-state index contributed by atoms with van der Waals surface area (Å²) in [5.41, 5.74) is 5.01. The van der Waals surface area contributed by atoms with Crippen LogP contribution >= 0.6 is 0 Å². The second-order valence-corrected chi connectivity index (χ2v) is 8.61. The average molecular weight is 434 g/mol. The summed E-state index contributed by atoms with van der Waals surface area (Å²) in [5.74, 6) is 1.56. The van der Waals surface area contributed by atoms with Gasteiger partial charge in [0.15, 0.2) is 0 Å². The van der Waals surface area contributed by atoms with Gasteiger partial charge in [-0.2, -0.15) is 0 Å². The largest absolute Gasteiger partial charge is 0.497 e. The smallest absolute Gasteiger partial charge is 0.229 e. The van der Waals surface area contributed by atoms with Gasteiger partial charge in [0.05, 0.1) is 25.0 Å². The molecule has 0 saturated carbocycles. The van der Waals surface area contributed by atoms with Crippen LogP contribution in [0.15, 0.2) is 42.9 Å². The van der Waals surface area contributed by atoms with Crippen molar-refractivity contribution in [3.8, 4) is 17.0 Å². The molecule has 2 atom stereocenters. The molecule has 1 amide bonds. The minimum Gasteiger partial charge on any atom is -0.497 e. The number of rotatable bonds is 6. The first kappa shape index (κ1) is 21.9. The standard InChI is InChI=1S/C25H31N5O2/c1-16-6-7-20(32-5)12-22(16)17(2)25(31)30-11-10-19(13-30)28-24-9-8-21(18(3)27-24)23-14-29(4)15-26-23/h6-9,12,14-15,17,19H,10-11,13H2,1-5H3,(H,27,28)/t17?,19-/m0/s1. The maximum absolute atomic E-state index is 13.2. The number of nitrogens with one attached hydrogen (secondary N) is 1. The lowest BCUT2D eigenvalue weighted by molar-refractivity contribution is -0.131. The normalized spacial score (nSPS) is 16.8. The van der Waals surface area contributed by atoms with E-state index in [4.69, 9.17) is 9.72 Å². The molecule has 7 nitrogen and oxygen atoms in total. The molecule has 2 aromatic heterocycles. The number of hydrogen-bond donors (Lipinski definition) is 1. The van der Waals surface area contributed by atoms with Crippen molar-refractivity contribution in [1.29, 1.82) is 0 Å². The van der Waals surface area contributed by atoms with E-state index in [-0.39, 0.29) is 17.9 Å². The van der Waals surface area contributed by atoms with E-state index in [0.29, 0.717) is 6.54 Å². The number of amides is 1. The molecule has 168 valence electrons. The number of pyridine rings is 1. The molecular weight excluding hydrogens is 402 g/mol. The summed E-state index contributed by atoms with van der Waals surface area (Å²) in [7, 11) is 3.61. The van der Waals surface area contributed by atoms with Crippen molar-refractivity contribution in [3.63, 3.8) is 0 Å². The molecule has 1 saturated heterocycles. The average Bonchev–Trinajstić information content (AvgIpc) is 3.42. The van der Waals surface area contributed by atoms with Crippen LogP contribution in [0.1, 0.15) is 36.1 Å². The molecule has 0 bridgehead atoms. The SMILES string of the molecule is COc1ccc(C)c(C(C)C(=O)N2CC[C@H](Nc3ccc(-c4cn(C)cn4)c(C)n3)C2)c1. The number of methoxy groups -OCH3 is 1. The van der Waals surface area contributed by atoms with Crippen LogP contribution < -0.4 is 10.1 Å². The third-order valence-corrected chi connectivity index (χ3v) is 6.24. The third-order valence-electron chi connectivity index (χ3n) is 6.24. The van der Waals surface area contributed by atoms with Crippen molar-refractivity contribution in [1.82, 2.24) is 19.4 Å². The Morgan fingerprint density at radius 2 is 2.06 bits per heavy atom. The van der Waals surface area contributed by atoms with E-state index in [0.717, 1.165) is 52.6 Å². The second kappa shape index (κ2) is 9.02. The Hall–Kier alpha value is -3.35. The predicted octanol–water partition coefficient (Wildman–Crippen LogP) is 3.92. The van der Waals surface area contributed by atoms with Gasteiger partial charge in [0, 0.05) is 43.6 Å². The van der Waals surface area contributed by atoms with Crippen molar-refractivity contribution < 1.29 is 9.53 Å². The minimum absolute atomic E-state index is 0.153. The number of ether oxygens (including phenoxy) is 1. The van der Waals surface area contributed by atoms with Crippen molar-refractivity contribution in [3.05, 3.63) is 59.7 Å². The Morgan fingerprint density at radius 1 is 1.25 bits per heavy atom. The van der Waals surface area contributed by atoms with Gasteiger partial charge in [0.1, 0.15) is 11.6 Å². The molecular formula is C25H31N5O2. The van der Waals surface area contributed by atoms with Crippen LogP contribution in [0.4, 0.5) is 5.82 Å². The molecule has 1 unspecified atom stereocenters. The number of imidazole rings is 1. The van der Waals surface area contributed by atoms with Crippen LogP contribution in [0.3, 0.4) is 0 Å². The van der Waals surface area contributed by atoms with E-state index >= 15 is 0 Å². The van der Waals surface area contributed by atoms with Gasteiger partial charge in [-0.05, 0) is 62.6 Å². The summed E-state index contributed by atoms with van der Waals surface area (Å²) in [6, 6.07) is 10.1. The molecule has 1 fully saturated rings. The molecule has 1 N–H and O–H groups in total. The molecule has 4 rings (SSSR count). The lowest BCUT2D eigenvalue weighted by Gasteiger charge is -2.23. The van der Waals surface area contributed by atoms with Gasteiger partial charge in [-0.15, -0.1) is 0 Å². The lowest BCUT2D eigenvalue weighted by Crippen LogP contribution is -2.34. The van der Waals surface area contributed by atoms with E-state index in [9.17, 15) is 4.79 Å². The quantitative estimate of drug-likeness (QED) is 0.638. The Kier molecular flexibility index (Phi) is 6.17. The molecule has 0 aliphatic carbocycles. The number of nitrogens with zero attached hydrogens (tertiary/aromatic N) is 4. The Bertz CT molecular complexity index is 1120. The van der Waals surface area contributed by atoms with Gasteiger partial charge in [-0.25, -0.2) is 9.97 Å². The van der Waals surface area contributed by atoms with Gasteiger partial charge in [-0.3, -0.25) is 4.79 Å². The third kappa shape index (κ3) is 4.47. The van der Waals surface area contributed by atoms with Crippen molar-refractivity contribution in [2.45, 2.75) is 39.2 Å². The minimum atomic E-state index is -0.207. The van der Waals surface area contributed by atoms with Crippen LogP contribution in [0, 0.1) is 13.8 Å². The Balaban J connectivity index is 1.40. The first-order chi connectivity index (χ1) is 15.4. The van der Waals surface area contributed by atoms with E-state index in [1.54, 1.807) is 13.4 Å². The van der Waals surface area contributed by atoms with E-state index in [2.05, 4.69) is 16.4 Å². The number of hydrogen-bond acceptors (Lipinski definition) is 5. The Morgan fingerprint density at radius 3 is 2.75 bits per heavy atom. The second-order valence-electron chi connectivity index (χ2n) is 8.61. The fourth-order valence-corrected chi connectivity index (χ4v) is 4.37. The first-order valence-corrected chi connectivity index (χ1v) is 11.0. The molecule has 0 spiro atoms. The van der Waals surface area contributed by atoms with E-state index < -0.39 is 0 Å². The monoisotopic (exact) mass is 433 g/mol. The fraction of sp³-hybridized carbons (Fsp3) is 0.400. The van der Waals surface area contributed by atoms with Crippen LogP contribution in [-0.2, 0) is 11.8 Å². The van der Waals surface area contributed by atoms with Crippen LogP contribution in [0.25, 0.3) is 11.3 Å². The highest BCUT2D eigenvalue weighted by molar-refractivity contribution is 5.84. The maximum Gasteiger partial charge on any atom is 0.229 e. The summed E-state index contributed by atoms with van der Waals surface area (Å²) < 4.78 is 7.28. The molecule has 7 heteroatoms. The van der Waals surface area contributed by atoms with Crippen LogP contribution in [0.2, 0.25) is 0 Å². The number of likely N-dealkylation sites (tertiary alicyclic amines) is 1. The van der Waals surface area contributed by atoms with Crippen molar-refractivity contribution >= 4 is 11.7 Å². The number of benzene rings is 1. The highest BCUT2D eigenvalue weighted by Crippen LogP contribution is 2.28. The summed E-state index contributed by atoms with van der Waals surface area (Å²) >= 11 is 0. The maximum atomic E-state index is 13.2. The van der Waals surface area contributed by atoms with Gasteiger partial charge < -0.3 is 19.5 Å². The van der Waals surface area contributed by atoms with Gasteiger partial charge in [0.25, 0.3) is 0 Å². The molecule has 1 aliphatic rings. The Labute approximate surface area is 189 Å². The summed E-state index contributed by atoms with van der Waals surface area (Å²) in [4.78, 5) is 24.3. The molecule has 0 radical (unpaired) electrons.